The smallest absolute Gasteiger partial charge is 0.418 e. The molecule has 256 valence electrons. The lowest BCUT2D eigenvalue weighted by Crippen LogP contribution is -2.49. The van der Waals surface area contributed by atoms with E-state index in [1.807, 2.05) is 4.90 Å². The third-order valence-corrected chi connectivity index (χ3v) is 8.84. The molecule has 3 aromatic rings. The third kappa shape index (κ3) is 7.11. The van der Waals surface area contributed by atoms with Gasteiger partial charge in [0.25, 0.3) is 5.92 Å². The van der Waals surface area contributed by atoms with E-state index < -0.39 is 23.7 Å². The van der Waals surface area contributed by atoms with Gasteiger partial charge in [-0.15, -0.1) is 0 Å². The number of alkyl halides is 5. The Kier molecular flexibility index (Phi) is 9.89. The summed E-state index contributed by atoms with van der Waals surface area (Å²) in [6, 6.07) is 0.830. The molecule has 1 aromatic carbocycles. The van der Waals surface area contributed by atoms with Crippen LogP contribution in [0.3, 0.4) is 0 Å². The number of likely N-dealkylation sites (N-methyl/N-ethyl adjacent to an activating group) is 1. The number of hydrogen-bond donors (Lipinski definition) is 2. The number of benzene rings is 1. The topological polar surface area (TPSA) is 114 Å². The number of fused-ring (bicyclic) bond motifs is 2. The number of nitrogens with zero attached hydrogens (tertiary/aromatic N) is 7. The molecule has 11 nitrogen and oxygen atoms in total. The molecule has 3 aliphatic rings. The van der Waals surface area contributed by atoms with Gasteiger partial charge in [-0.05, 0) is 32.0 Å². The minimum Gasteiger partial charge on any atom is -0.462 e. The van der Waals surface area contributed by atoms with Crippen molar-refractivity contribution in [1.82, 2.24) is 30.0 Å². The summed E-state index contributed by atoms with van der Waals surface area (Å²) >= 11 is 0. The molecule has 1 amide bonds. The molecule has 2 N–H and O–H groups in total. The number of H-pyrrole nitrogens is 1. The van der Waals surface area contributed by atoms with Gasteiger partial charge < -0.3 is 24.5 Å². The van der Waals surface area contributed by atoms with Crippen molar-refractivity contribution in [1.29, 1.82) is 0 Å². The van der Waals surface area contributed by atoms with Gasteiger partial charge in [-0.2, -0.15) is 41.7 Å². The molecule has 3 aliphatic heterocycles. The number of piperazine rings is 1. The minimum absolute atomic E-state index is 0. The Labute approximate surface area is 274 Å². The maximum atomic E-state index is 14.4. The molecule has 0 saturated carbocycles. The number of aliphatic hydroxyl groups is 1. The normalized spacial score (nSPS) is 20.2. The zero-order valence-electron chi connectivity index (χ0n) is 25.9. The van der Waals surface area contributed by atoms with Crippen LogP contribution in [0.15, 0.2) is 24.4 Å². The number of anilines is 2. The fourth-order valence-electron chi connectivity index (χ4n) is 6.61. The van der Waals surface area contributed by atoms with Gasteiger partial charge in [-0.1, -0.05) is 6.08 Å². The molecular weight excluding hydrogens is 647 g/mol. The number of aromatic nitrogens is 4. The van der Waals surface area contributed by atoms with Gasteiger partial charge in [-0.25, -0.2) is 8.78 Å². The van der Waals surface area contributed by atoms with Crippen LogP contribution in [-0.4, -0.2) is 112 Å². The molecule has 0 radical (unpaired) electrons. The van der Waals surface area contributed by atoms with E-state index in [1.165, 1.54) is 36.2 Å². The molecule has 17 heteroatoms. The monoisotopic (exact) mass is 684 g/mol. The van der Waals surface area contributed by atoms with Crippen LogP contribution in [0.4, 0.5) is 33.5 Å². The number of carbonyl (C=O) groups excluding carboxylic acids is 1. The van der Waals surface area contributed by atoms with E-state index in [0.29, 0.717) is 55.0 Å². The van der Waals surface area contributed by atoms with Crippen LogP contribution in [-0.2, 0) is 23.9 Å². The largest absolute Gasteiger partial charge is 0.462 e. The molecule has 5 heterocycles. The second-order valence-electron chi connectivity index (χ2n) is 12.0. The average Bonchev–Trinajstić information content (AvgIpc) is 3.58. The lowest BCUT2D eigenvalue weighted by molar-refractivity contribution is -0.137. The number of nitrogens with one attached hydrogen (secondary N) is 1. The van der Waals surface area contributed by atoms with E-state index in [2.05, 4.69) is 20.2 Å². The summed E-state index contributed by atoms with van der Waals surface area (Å²) in [5.74, 6) is -2.51. The van der Waals surface area contributed by atoms with Gasteiger partial charge >= 0.3 is 12.2 Å². The predicted octanol–water partition coefficient (Wildman–Crippen LogP) is 3.27. The maximum Gasteiger partial charge on any atom is 0.418 e. The molecule has 6 rings (SSSR count). The fourth-order valence-corrected chi connectivity index (χ4v) is 6.61. The van der Waals surface area contributed by atoms with Crippen LogP contribution in [0, 0.1) is 6.92 Å². The van der Waals surface area contributed by atoms with E-state index in [0.717, 1.165) is 5.56 Å². The first kappa shape index (κ1) is 34.6. The zero-order chi connectivity index (χ0) is 32.8. The molecule has 1 atom stereocenters. The first-order valence-corrected chi connectivity index (χ1v) is 15.1. The highest BCUT2D eigenvalue weighted by atomic mass is 32.1. The number of amides is 1. The predicted molar refractivity (Wildman–Crippen MR) is 169 cm³/mol. The molecule has 0 aliphatic carbocycles. The second kappa shape index (κ2) is 13.4. The maximum absolute atomic E-state index is 14.4. The van der Waals surface area contributed by atoms with Gasteiger partial charge in [0.15, 0.2) is 0 Å². The van der Waals surface area contributed by atoms with E-state index in [1.54, 1.807) is 16.8 Å². The number of carbonyl (C=O) groups is 1. The lowest BCUT2D eigenvalue weighted by Gasteiger charge is -2.38. The van der Waals surface area contributed by atoms with Crippen LogP contribution in [0.2, 0.25) is 0 Å². The number of halogens is 5. The summed E-state index contributed by atoms with van der Waals surface area (Å²) in [7, 11) is 1.60. The number of ether oxygens (including phenoxy) is 1. The van der Waals surface area contributed by atoms with Crippen LogP contribution >= 0.6 is 13.5 Å². The number of likely N-dealkylation sites (tertiary alicyclic amines) is 1. The Balaban J connectivity index is 0.00000433. The van der Waals surface area contributed by atoms with Crippen molar-refractivity contribution in [3.05, 3.63) is 46.8 Å². The lowest BCUT2D eigenvalue weighted by atomic mass is 9.98. The number of rotatable bonds is 7. The highest BCUT2D eigenvalue weighted by molar-refractivity contribution is 7.59. The van der Waals surface area contributed by atoms with Gasteiger partial charge in [0, 0.05) is 62.2 Å². The Hall–Kier alpha value is -3.70. The Morgan fingerprint density at radius 2 is 1.91 bits per heavy atom. The van der Waals surface area contributed by atoms with Crippen molar-refractivity contribution in [3.8, 4) is 6.01 Å². The van der Waals surface area contributed by atoms with E-state index >= 15 is 0 Å². The summed E-state index contributed by atoms with van der Waals surface area (Å²) in [6.07, 6.45) is -0.564. The van der Waals surface area contributed by atoms with Crippen LogP contribution in [0.1, 0.15) is 28.8 Å². The fraction of sp³-hybridized carbons (Fsp3) is 0.533. The highest BCUT2D eigenvalue weighted by Gasteiger charge is 2.44. The van der Waals surface area contributed by atoms with Crippen molar-refractivity contribution < 1.29 is 36.6 Å². The second-order valence-corrected chi connectivity index (χ2v) is 12.0. The van der Waals surface area contributed by atoms with E-state index in [9.17, 15) is 26.7 Å². The summed E-state index contributed by atoms with van der Waals surface area (Å²) in [5.41, 5.74) is 1.07. The van der Waals surface area contributed by atoms with Gasteiger partial charge in [-0.3, -0.25) is 14.8 Å². The van der Waals surface area contributed by atoms with Gasteiger partial charge in [0.1, 0.15) is 12.4 Å². The van der Waals surface area contributed by atoms with Crippen molar-refractivity contribution in [2.75, 3.05) is 69.3 Å². The Morgan fingerprint density at radius 1 is 1.17 bits per heavy atom. The van der Waals surface area contributed by atoms with Crippen LogP contribution in [0.5, 0.6) is 6.01 Å². The Bertz CT molecular complexity index is 1640. The molecule has 0 spiro atoms. The summed E-state index contributed by atoms with van der Waals surface area (Å²) in [4.78, 5) is 28.6. The van der Waals surface area contributed by atoms with Crippen LogP contribution < -0.4 is 14.5 Å². The highest BCUT2D eigenvalue weighted by Crippen LogP contribution is 2.44. The summed E-state index contributed by atoms with van der Waals surface area (Å²) < 4.78 is 77.3. The van der Waals surface area contributed by atoms with Crippen LogP contribution in [0.25, 0.3) is 10.9 Å². The van der Waals surface area contributed by atoms with Gasteiger partial charge in [0.05, 0.1) is 48.4 Å². The quantitative estimate of drug-likeness (QED) is 0.286. The summed E-state index contributed by atoms with van der Waals surface area (Å²) in [6.45, 7) is 2.60. The molecule has 2 fully saturated rings. The molecular formula is C30H37F5N8O3S. The van der Waals surface area contributed by atoms with E-state index in [-0.39, 0.29) is 75.9 Å². The van der Waals surface area contributed by atoms with Crippen molar-refractivity contribution >= 4 is 41.8 Å². The zero-order valence-corrected chi connectivity index (χ0v) is 26.9. The third-order valence-electron chi connectivity index (χ3n) is 8.84. The number of aromatic amines is 1. The summed E-state index contributed by atoms with van der Waals surface area (Å²) in [5, 5.41) is 16.1. The molecule has 2 aromatic heterocycles. The number of aryl methyl sites for hydroxylation is 1. The Morgan fingerprint density at radius 3 is 2.57 bits per heavy atom. The number of hydrogen-bond acceptors (Lipinski definition) is 9. The first-order valence-electron chi connectivity index (χ1n) is 15.1. The molecule has 0 bridgehead atoms. The van der Waals surface area contributed by atoms with Crippen molar-refractivity contribution in [2.45, 2.75) is 44.5 Å². The van der Waals surface area contributed by atoms with E-state index in [4.69, 9.17) is 9.84 Å². The van der Waals surface area contributed by atoms with Crippen molar-refractivity contribution in [3.63, 3.8) is 0 Å². The van der Waals surface area contributed by atoms with Crippen molar-refractivity contribution in [2.24, 2.45) is 0 Å². The standard InChI is InChI=1S/C30H35F5N8O3.H2S/c1-18-12-22-21(14-36-39-22)26(25(18)30(33,34)35)43-6-5-20-23(15-43)37-28(46-16-19-13-29(31,32)17-40(19)2)38-27(20)42-9-7-41(8-10-42)24(45)4-3-11-44;/h3-4,12,14,19,44H,5-11,13,15-17H2,1-2H3,(H,36,39);1H2/b4-3+;/t19-;/m0./s1. The molecule has 0 unspecified atom stereocenters. The number of aliphatic hydroxyl groups excluding tert-OH is 1. The molecule has 47 heavy (non-hydrogen) atoms. The first-order chi connectivity index (χ1) is 21.8. The van der Waals surface area contributed by atoms with Gasteiger partial charge in [0.2, 0.25) is 5.91 Å². The SMILES string of the molecule is Cc1cc2[nH]ncc2c(N2CCc3c(nc(OC[C@@H]4CC(F)(F)CN4C)nc3N3CCN(C(=O)/C=C/CO)CC3)C2)c1C(F)(F)F.S. The molecule has 2 saturated heterocycles. The average molecular weight is 685 g/mol. The minimum atomic E-state index is -4.62.